The number of nitrogens with zero attached hydrogens (tertiary/aromatic N) is 1. The van der Waals surface area contributed by atoms with Gasteiger partial charge < -0.3 is 0 Å². The molecule has 28 heavy (non-hydrogen) atoms. The zero-order valence-corrected chi connectivity index (χ0v) is 16.0. The van der Waals surface area contributed by atoms with Crippen LogP contribution in [0.4, 0.5) is 0 Å². The van der Waals surface area contributed by atoms with E-state index in [0.717, 1.165) is 22.3 Å². The first-order valence-electron chi connectivity index (χ1n) is 9.39. The van der Waals surface area contributed by atoms with E-state index in [1.165, 1.54) is 0 Å². The molecule has 1 aliphatic carbocycles. The van der Waals surface area contributed by atoms with Crippen LogP contribution < -0.4 is 0 Å². The number of carbonyl (C=O) groups excluding carboxylic acids is 2. The molecule has 0 radical (unpaired) electrons. The van der Waals surface area contributed by atoms with Crippen molar-refractivity contribution >= 4 is 17.3 Å². The fraction of sp³-hybridized carbons (Fsp3) is 0.160. The number of aliphatic imine (C=N–C) groups is 1. The topological polar surface area (TPSA) is 46.5 Å². The number of fused-ring (bicyclic) bond motifs is 1. The predicted molar refractivity (Wildman–Crippen MR) is 111 cm³/mol. The van der Waals surface area contributed by atoms with Crippen molar-refractivity contribution in [3.8, 4) is 0 Å². The Hall–Kier alpha value is -3.33. The molecule has 0 bridgehead atoms. The lowest BCUT2D eigenvalue weighted by Crippen LogP contribution is -2.36. The third-order valence-corrected chi connectivity index (χ3v) is 5.32. The number of hydrogen-bond donors (Lipinski definition) is 0. The van der Waals surface area contributed by atoms with E-state index in [4.69, 9.17) is 0 Å². The van der Waals surface area contributed by atoms with Crippen LogP contribution >= 0.6 is 0 Å². The van der Waals surface area contributed by atoms with Crippen LogP contribution in [0.2, 0.25) is 0 Å². The lowest BCUT2D eigenvalue weighted by atomic mass is 9.76. The molecular weight excluding hydrogens is 346 g/mol. The lowest BCUT2D eigenvalue weighted by Gasteiger charge is -2.25. The number of hydrogen-bond acceptors (Lipinski definition) is 3. The average Bonchev–Trinajstić information content (AvgIpc) is 2.72. The zero-order valence-electron chi connectivity index (χ0n) is 16.0. The summed E-state index contributed by atoms with van der Waals surface area (Å²) in [5.74, 6) is -0.870. The Morgan fingerprint density at radius 1 is 0.786 bits per heavy atom. The zero-order chi connectivity index (χ0) is 19.7. The summed E-state index contributed by atoms with van der Waals surface area (Å²) < 4.78 is 0. The van der Waals surface area contributed by atoms with E-state index in [0.29, 0.717) is 23.4 Å². The number of carbonyl (C=O) groups is 2. The van der Waals surface area contributed by atoms with Gasteiger partial charge in [0.25, 0.3) is 0 Å². The van der Waals surface area contributed by atoms with Crippen molar-refractivity contribution in [3.05, 3.63) is 106 Å². The highest BCUT2D eigenvalue weighted by molar-refractivity contribution is 6.55. The Kier molecular flexibility index (Phi) is 4.74. The molecule has 1 unspecified atom stereocenters. The van der Waals surface area contributed by atoms with Gasteiger partial charge in [-0.25, -0.2) is 0 Å². The van der Waals surface area contributed by atoms with Gasteiger partial charge in [0.2, 0.25) is 5.78 Å². The SMILES string of the molecule is Cc1cc2c(cc1C)C(=O)C(c1ccccc1)C(=NCc1ccccc1)C2=O. The standard InChI is InChI=1S/C25H21NO2/c1-16-13-20-21(14-17(16)2)25(28)23(26-15-18-9-5-3-6-10-18)22(24(20)27)19-11-7-4-8-12-19/h3-14,22H,15H2,1-2H3. The molecule has 0 amide bonds. The van der Waals surface area contributed by atoms with Crippen LogP contribution in [0.5, 0.6) is 0 Å². The number of rotatable bonds is 3. The number of aryl methyl sites for hydroxylation is 2. The highest BCUT2D eigenvalue weighted by Gasteiger charge is 2.39. The second-order valence-corrected chi connectivity index (χ2v) is 7.21. The summed E-state index contributed by atoms with van der Waals surface area (Å²) in [5, 5.41) is 0. The van der Waals surface area contributed by atoms with Gasteiger partial charge in [-0.3, -0.25) is 14.6 Å². The summed E-state index contributed by atoms with van der Waals surface area (Å²) in [6.45, 7) is 4.29. The molecule has 0 aliphatic heterocycles. The molecule has 0 heterocycles. The average molecular weight is 367 g/mol. The lowest BCUT2D eigenvalue weighted by molar-refractivity contribution is 0.0947. The molecule has 1 atom stereocenters. The van der Waals surface area contributed by atoms with E-state index in [2.05, 4.69) is 4.99 Å². The van der Waals surface area contributed by atoms with Crippen LogP contribution in [0.1, 0.15) is 48.9 Å². The van der Waals surface area contributed by atoms with Crippen molar-refractivity contribution in [1.29, 1.82) is 0 Å². The van der Waals surface area contributed by atoms with Gasteiger partial charge in [-0.15, -0.1) is 0 Å². The van der Waals surface area contributed by atoms with Crippen molar-refractivity contribution < 1.29 is 9.59 Å². The monoisotopic (exact) mass is 367 g/mol. The molecule has 3 heteroatoms. The Morgan fingerprint density at radius 3 is 2.00 bits per heavy atom. The van der Waals surface area contributed by atoms with Crippen LogP contribution in [0, 0.1) is 13.8 Å². The summed E-state index contributed by atoms with van der Waals surface area (Å²) in [5.41, 5.74) is 5.12. The van der Waals surface area contributed by atoms with Crippen molar-refractivity contribution in [2.45, 2.75) is 26.3 Å². The molecule has 3 aromatic rings. The molecule has 4 rings (SSSR count). The fourth-order valence-corrected chi connectivity index (χ4v) is 3.63. The first-order valence-corrected chi connectivity index (χ1v) is 9.39. The van der Waals surface area contributed by atoms with Gasteiger partial charge in [-0.05, 0) is 48.2 Å². The van der Waals surface area contributed by atoms with Gasteiger partial charge in [0, 0.05) is 11.1 Å². The Morgan fingerprint density at radius 2 is 1.36 bits per heavy atom. The van der Waals surface area contributed by atoms with E-state index in [1.807, 2.05) is 86.6 Å². The minimum absolute atomic E-state index is 0.0595. The number of ketones is 2. The molecule has 0 N–H and O–H groups in total. The van der Waals surface area contributed by atoms with Gasteiger partial charge in [0.1, 0.15) is 0 Å². The summed E-state index contributed by atoms with van der Waals surface area (Å²) >= 11 is 0. The van der Waals surface area contributed by atoms with Gasteiger partial charge in [-0.1, -0.05) is 60.7 Å². The van der Waals surface area contributed by atoms with Crippen LogP contribution in [0.3, 0.4) is 0 Å². The molecule has 3 nitrogen and oxygen atoms in total. The number of benzene rings is 3. The van der Waals surface area contributed by atoms with E-state index in [-0.39, 0.29) is 11.6 Å². The van der Waals surface area contributed by atoms with Crippen molar-refractivity contribution in [2.24, 2.45) is 4.99 Å². The Labute approximate surface area is 164 Å². The van der Waals surface area contributed by atoms with Crippen molar-refractivity contribution in [2.75, 3.05) is 0 Å². The molecule has 0 spiro atoms. The highest BCUT2D eigenvalue weighted by atomic mass is 16.1. The minimum Gasteiger partial charge on any atom is -0.293 e. The maximum Gasteiger partial charge on any atom is 0.208 e. The van der Waals surface area contributed by atoms with E-state index in [1.54, 1.807) is 0 Å². The Bertz CT molecular complexity index is 1080. The molecule has 138 valence electrons. The van der Waals surface area contributed by atoms with E-state index >= 15 is 0 Å². The minimum atomic E-state index is -0.660. The predicted octanol–water partition coefficient (Wildman–Crippen LogP) is 5.11. The maximum absolute atomic E-state index is 13.4. The second-order valence-electron chi connectivity index (χ2n) is 7.21. The number of Topliss-reactive ketones (excluding diaryl/α,β-unsaturated/α-hetero) is 2. The highest BCUT2D eigenvalue weighted by Crippen LogP contribution is 2.33. The van der Waals surface area contributed by atoms with Crippen molar-refractivity contribution in [3.63, 3.8) is 0 Å². The molecule has 0 fully saturated rings. The smallest absolute Gasteiger partial charge is 0.208 e. The maximum atomic E-state index is 13.4. The molecular formula is C25H21NO2. The summed E-state index contributed by atoms with van der Waals surface area (Å²) in [6, 6.07) is 22.9. The summed E-state index contributed by atoms with van der Waals surface area (Å²) in [7, 11) is 0. The van der Waals surface area contributed by atoms with Crippen molar-refractivity contribution in [1.82, 2.24) is 0 Å². The van der Waals surface area contributed by atoms with Gasteiger partial charge in [0.15, 0.2) is 5.78 Å². The van der Waals surface area contributed by atoms with Crippen LogP contribution in [-0.2, 0) is 6.54 Å². The second kappa shape index (κ2) is 7.35. The normalized spacial score (nSPS) is 17.6. The third-order valence-electron chi connectivity index (χ3n) is 5.32. The first-order chi connectivity index (χ1) is 13.6. The van der Waals surface area contributed by atoms with Crippen LogP contribution in [-0.4, -0.2) is 17.3 Å². The third kappa shape index (κ3) is 3.20. The van der Waals surface area contributed by atoms with E-state index < -0.39 is 5.92 Å². The summed E-state index contributed by atoms with van der Waals surface area (Å²) in [6.07, 6.45) is 0. The molecule has 0 saturated heterocycles. The Balaban J connectivity index is 1.86. The molecule has 1 aliphatic rings. The fourth-order valence-electron chi connectivity index (χ4n) is 3.63. The van der Waals surface area contributed by atoms with Crippen LogP contribution in [0.15, 0.2) is 77.8 Å². The summed E-state index contributed by atoms with van der Waals surface area (Å²) in [4.78, 5) is 31.4. The largest absolute Gasteiger partial charge is 0.293 e. The molecule has 0 saturated carbocycles. The first kappa shape index (κ1) is 18.1. The quantitative estimate of drug-likeness (QED) is 0.646. The molecule has 3 aromatic carbocycles. The van der Waals surface area contributed by atoms with Crippen LogP contribution in [0.25, 0.3) is 0 Å². The van der Waals surface area contributed by atoms with Gasteiger partial charge in [0.05, 0.1) is 18.2 Å². The van der Waals surface area contributed by atoms with Gasteiger partial charge in [-0.2, -0.15) is 0 Å². The molecule has 0 aromatic heterocycles. The van der Waals surface area contributed by atoms with E-state index in [9.17, 15) is 9.59 Å². The van der Waals surface area contributed by atoms with Gasteiger partial charge >= 0.3 is 0 Å².